The third-order valence-corrected chi connectivity index (χ3v) is 6.57. The first-order valence-corrected chi connectivity index (χ1v) is 12.0. The van der Waals surface area contributed by atoms with Gasteiger partial charge in [0.2, 0.25) is 5.88 Å². The molecule has 0 aliphatic carbocycles. The van der Waals surface area contributed by atoms with Crippen LogP contribution in [0.5, 0.6) is 11.5 Å². The SMILES string of the molecule is C#CCn1c(C)c(C=Nc2oc(-c3ccc(OC)cc3)c(-c3ccc(OC)cc3)c2C#N)c2ccccc21. The number of hydrogen-bond donors (Lipinski definition) is 0. The first-order valence-electron chi connectivity index (χ1n) is 12.0. The third-order valence-electron chi connectivity index (χ3n) is 6.57. The monoisotopic (exact) mass is 499 g/mol. The molecule has 2 aromatic heterocycles. The molecule has 0 unspecified atom stereocenters. The number of furan rings is 1. The summed E-state index contributed by atoms with van der Waals surface area (Å²) in [4.78, 5) is 4.70. The predicted octanol–water partition coefficient (Wildman–Crippen LogP) is 7.15. The maximum Gasteiger partial charge on any atom is 0.238 e. The molecule has 3 aromatic carbocycles. The molecule has 0 bridgehead atoms. The quantitative estimate of drug-likeness (QED) is 0.176. The van der Waals surface area contributed by atoms with Gasteiger partial charge in [0.15, 0.2) is 0 Å². The number of para-hydroxylation sites is 1. The van der Waals surface area contributed by atoms with Crippen molar-refractivity contribution in [1.82, 2.24) is 4.57 Å². The summed E-state index contributed by atoms with van der Waals surface area (Å²) >= 11 is 0. The highest BCUT2D eigenvalue weighted by molar-refractivity contribution is 6.02. The molecule has 186 valence electrons. The van der Waals surface area contributed by atoms with E-state index in [2.05, 4.69) is 16.6 Å². The van der Waals surface area contributed by atoms with Crippen molar-refractivity contribution in [2.24, 2.45) is 4.99 Å². The van der Waals surface area contributed by atoms with Gasteiger partial charge in [-0.1, -0.05) is 36.3 Å². The molecule has 6 nitrogen and oxygen atoms in total. The summed E-state index contributed by atoms with van der Waals surface area (Å²) in [7, 11) is 3.24. The van der Waals surface area contributed by atoms with E-state index in [9.17, 15) is 5.26 Å². The lowest BCUT2D eigenvalue weighted by Gasteiger charge is -2.06. The van der Waals surface area contributed by atoms with Crippen LogP contribution in [0, 0.1) is 30.6 Å². The number of fused-ring (bicyclic) bond motifs is 1. The number of aliphatic imine (C=N–C) groups is 1. The summed E-state index contributed by atoms with van der Waals surface area (Å²) in [5.74, 6) is 4.95. The van der Waals surface area contributed by atoms with Crippen LogP contribution >= 0.6 is 0 Å². The molecule has 0 atom stereocenters. The first-order chi connectivity index (χ1) is 18.6. The Labute approximate surface area is 221 Å². The van der Waals surface area contributed by atoms with E-state index in [1.807, 2.05) is 79.7 Å². The number of methoxy groups -OCH3 is 2. The van der Waals surface area contributed by atoms with E-state index in [0.29, 0.717) is 23.4 Å². The van der Waals surface area contributed by atoms with Gasteiger partial charge in [-0.25, -0.2) is 4.99 Å². The van der Waals surface area contributed by atoms with Gasteiger partial charge in [-0.2, -0.15) is 5.26 Å². The van der Waals surface area contributed by atoms with Gasteiger partial charge in [0, 0.05) is 39.5 Å². The molecular weight excluding hydrogens is 474 g/mol. The Kier molecular flexibility index (Phi) is 6.72. The minimum absolute atomic E-state index is 0.234. The van der Waals surface area contributed by atoms with Crippen LogP contribution in [0.3, 0.4) is 0 Å². The van der Waals surface area contributed by atoms with E-state index in [-0.39, 0.29) is 5.88 Å². The van der Waals surface area contributed by atoms with Crippen LogP contribution in [0.2, 0.25) is 0 Å². The van der Waals surface area contributed by atoms with Crippen LogP contribution in [-0.4, -0.2) is 25.0 Å². The molecule has 5 aromatic rings. The van der Waals surface area contributed by atoms with E-state index in [1.165, 1.54) is 0 Å². The van der Waals surface area contributed by atoms with Gasteiger partial charge in [-0.05, 0) is 55.0 Å². The molecule has 0 N–H and O–H groups in total. The van der Waals surface area contributed by atoms with Crippen molar-refractivity contribution in [3.8, 4) is 52.4 Å². The summed E-state index contributed by atoms with van der Waals surface area (Å²) in [6.07, 6.45) is 7.38. The van der Waals surface area contributed by atoms with Crippen molar-refractivity contribution in [1.29, 1.82) is 5.26 Å². The maximum atomic E-state index is 10.2. The van der Waals surface area contributed by atoms with E-state index in [4.69, 9.17) is 25.3 Å². The minimum atomic E-state index is 0.234. The molecule has 0 spiro atoms. The van der Waals surface area contributed by atoms with Gasteiger partial charge in [0.05, 0.1) is 20.8 Å². The van der Waals surface area contributed by atoms with E-state index in [0.717, 1.165) is 44.8 Å². The highest BCUT2D eigenvalue weighted by Crippen LogP contribution is 2.43. The molecule has 2 heterocycles. The highest BCUT2D eigenvalue weighted by atomic mass is 16.5. The third kappa shape index (κ3) is 4.30. The minimum Gasteiger partial charge on any atom is -0.497 e. The van der Waals surface area contributed by atoms with Gasteiger partial charge in [-0.3, -0.25) is 0 Å². The maximum absolute atomic E-state index is 10.2. The zero-order chi connectivity index (χ0) is 26.6. The Hall–Kier alpha value is -5.20. The zero-order valence-electron chi connectivity index (χ0n) is 21.4. The standard InChI is InChI=1S/C32H25N3O3/c1-5-18-35-21(2)28(26-8-6-7-9-29(26)35)20-34-32-27(19-33)30(22-10-14-24(36-3)15-11-22)31(38-32)23-12-16-25(37-4)17-13-23/h1,6-17,20H,18H2,2-4H3. The number of hydrogen-bond acceptors (Lipinski definition) is 5. The highest BCUT2D eigenvalue weighted by Gasteiger charge is 2.23. The fraction of sp³-hybridized carbons (Fsp3) is 0.125. The zero-order valence-corrected chi connectivity index (χ0v) is 21.4. The summed E-state index contributed by atoms with van der Waals surface area (Å²) in [6.45, 7) is 2.46. The van der Waals surface area contributed by atoms with Gasteiger partial charge in [0.25, 0.3) is 0 Å². The predicted molar refractivity (Wildman–Crippen MR) is 150 cm³/mol. The summed E-state index contributed by atoms with van der Waals surface area (Å²) in [5, 5.41) is 11.3. The second-order valence-corrected chi connectivity index (χ2v) is 8.62. The largest absolute Gasteiger partial charge is 0.497 e. The Morgan fingerprint density at radius 2 is 1.58 bits per heavy atom. The Morgan fingerprint density at radius 1 is 0.947 bits per heavy atom. The second-order valence-electron chi connectivity index (χ2n) is 8.62. The van der Waals surface area contributed by atoms with Crippen molar-refractivity contribution in [3.05, 3.63) is 89.6 Å². The molecular formula is C32H25N3O3. The summed E-state index contributed by atoms with van der Waals surface area (Å²) in [6, 6.07) is 25.4. The topological polar surface area (TPSA) is 72.7 Å². The average Bonchev–Trinajstić information content (AvgIpc) is 3.46. The molecule has 38 heavy (non-hydrogen) atoms. The van der Waals surface area contributed by atoms with Crippen molar-refractivity contribution < 1.29 is 13.9 Å². The van der Waals surface area contributed by atoms with Crippen molar-refractivity contribution >= 4 is 23.0 Å². The number of ether oxygens (including phenoxy) is 2. The van der Waals surface area contributed by atoms with Crippen LogP contribution < -0.4 is 9.47 Å². The molecule has 0 amide bonds. The molecule has 0 aliphatic rings. The number of nitriles is 1. The lowest BCUT2D eigenvalue weighted by molar-refractivity contribution is 0.414. The molecule has 5 rings (SSSR count). The van der Waals surface area contributed by atoms with E-state index < -0.39 is 0 Å². The number of aromatic nitrogens is 1. The molecule has 6 heteroatoms. The number of nitrogens with zero attached hydrogens (tertiary/aromatic N) is 3. The lowest BCUT2D eigenvalue weighted by atomic mass is 9.98. The van der Waals surface area contributed by atoms with Crippen molar-refractivity contribution in [3.63, 3.8) is 0 Å². The molecule has 0 aliphatic heterocycles. The number of terminal acetylenes is 1. The lowest BCUT2D eigenvalue weighted by Crippen LogP contribution is -1.98. The first kappa shape index (κ1) is 24.5. The fourth-order valence-corrected chi connectivity index (χ4v) is 4.63. The number of benzene rings is 3. The van der Waals surface area contributed by atoms with Crippen LogP contribution in [-0.2, 0) is 6.54 Å². The van der Waals surface area contributed by atoms with Gasteiger partial charge in [0.1, 0.15) is 28.9 Å². The van der Waals surface area contributed by atoms with Gasteiger partial charge in [-0.15, -0.1) is 6.42 Å². The van der Waals surface area contributed by atoms with Crippen LogP contribution in [0.1, 0.15) is 16.8 Å². The average molecular weight is 500 g/mol. The molecule has 0 fully saturated rings. The van der Waals surface area contributed by atoms with Crippen LogP contribution in [0.15, 0.2) is 82.2 Å². The normalized spacial score (nSPS) is 11.0. The van der Waals surface area contributed by atoms with Gasteiger partial charge >= 0.3 is 0 Å². The van der Waals surface area contributed by atoms with E-state index in [1.54, 1.807) is 20.4 Å². The Balaban J connectivity index is 1.68. The Morgan fingerprint density at radius 3 is 2.18 bits per heavy atom. The van der Waals surface area contributed by atoms with Gasteiger partial charge < -0.3 is 18.5 Å². The fourth-order valence-electron chi connectivity index (χ4n) is 4.63. The molecule has 0 saturated carbocycles. The second kappa shape index (κ2) is 10.4. The van der Waals surface area contributed by atoms with Crippen LogP contribution in [0.25, 0.3) is 33.4 Å². The van der Waals surface area contributed by atoms with E-state index >= 15 is 0 Å². The van der Waals surface area contributed by atoms with Crippen molar-refractivity contribution in [2.75, 3.05) is 14.2 Å². The van der Waals surface area contributed by atoms with Crippen molar-refractivity contribution in [2.45, 2.75) is 13.5 Å². The number of rotatable bonds is 7. The van der Waals surface area contributed by atoms with Crippen LogP contribution in [0.4, 0.5) is 5.88 Å². The summed E-state index contributed by atoms with van der Waals surface area (Å²) in [5.41, 5.74) is 5.58. The smallest absolute Gasteiger partial charge is 0.238 e. The summed E-state index contributed by atoms with van der Waals surface area (Å²) < 4.78 is 19.0. The molecule has 0 saturated heterocycles. The molecule has 0 radical (unpaired) electrons. The Bertz CT molecular complexity index is 1720.